The van der Waals surface area contributed by atoms with Crippen LogP contribution in [0.3, 0.4) is 0 Å². The monoisotopic (exact) mass is 342 g/mol. The molecule has 2 heterocycles. The molecule has 0 aliphatic carbocycles. The Hall–Kier alpha value is -3.00. The number of benzene rings is 1. The molecular formula is C16H14N4O3S. The lowest BCUT2D eigenvalue weighted by Gasteiger charge is -1.99. The number of aromatic nitrogens is 3. The van der Waals surface area contributed by atoms with Crippen LogP contribution in [-0.4, -0.2) is 33.6 Å². The number of hydrogen-bond acceptors (Lipinski definition) is 6. The van der Waals surface area contributed by atoms with Crippen LogP contribution in [0.1, 0.15) is 21.6 Å². The molecule has 0 saturated carbocycles. The normalized spacial score (nSPS) is 11.1. The lowest BCUT2D eigenvalue weighted by Crippen LogP contribution is -2.09. The van der Waals surface area contributed by atoms with Crippen LogP contribution in [0.15, 0.2) is 35.7 Å². The van der Waals surface area contributed by atoms with E-state index < -0.39 is 5.97 Å². The number of carbonyl (C=O) groups excluding carboxylic acids is 2. The van der Waals surface area contributed by atoms with E-state index in [1.165, 1.54) is 24.5 Å². The van der Waals surface area contributed by atoms with E-state index >= 15 is 0 Å². The fraction of sp³-hybridized carbons (Fsp3) is 0.125. The number of nitrogens with zero attached hydrogens (tertiary/aromatic N) is 3. The molecule has 0 fully saturated rings. The van der Waals surface area contributed by atoms with Gasteiger partial charge in [0.15, 0.2) is 0 Å². The molecule has 122 valence electrons. The van der Waals surface area contributed by atoms with Gasteiger partial charge in [0.2, 0.25) is 4.96 Å². The van der Waals surface area contributed by atoms with Crippen molar-refractivity contribution in [1.82, 2.24) is 14.6 Å². The number of esters is 1. The number of methoxy groups -OCH3 is 1. The average Bonchev–Trinajstić information content (AvgIpc) is 3.14. The number of aryl methyl sites for hydroxylation is 1. The minimum absolute atomic E-state index is 0.264. The third kappa shape index (κ3) is 3.33. The maximum atomic E-state index is 11.9. The summed E-state index contributed by atoms with van der Waals surface area (Å²) in [6, 6.07) is 6.73. The van der Waals surface area contributed by atoms with Crippen LogP contribution in [0.25, 0.3) is 11.0 Å². The van der Waals surface area contributed by atoms with E-state index in [9.17, 15) is 9.59 Å². The third-order valence-electron chi connectivity index (χ3n) is 3.24. The number of amides is 1. The minimum atomic E-state index is -0.399. The van der Waals surface area contributed by atoms with E-state index in [1.54, 1.807) is 34.9 Å². The van der Waals surface area contributed by atoms with Crippen molar-refractivity contribution in [3.05, 3.63) is 52.5 Å². The van der Waals surface area contributed by atoms with Crippen molar-refractivity contribution in [3.63, 3.8) is 0 Å². The molecule has 8 heteroatoms. The molecule has 0 aliphatic rings. The lowest BCUT2D eigenvalue weighted by atomic mass is 10.1. The summed E-state index contributed by atoms with van der Waals surface area (Å²) < 4.78 is 6.31. The number of hydrogen-bond donors (Lipinski definition) is 1. The summed E-state index contributed by atoms with van der Waals surface area (Å²) >= 11 is 1.46. The molecule has 24 heavy (non-hydrogen) atoms. The predicted octanol–water partition coefficient (Wildman–Crippen LogP) is 2.54. The van der Waals surface area contributed by atoms with Gasteiger partial charge in [0.05, 0.1) is 18.4 Å². The fourth-order valence-corrected chi connectivity index (χ4v) is 2.82. The first kappa shape index (κ1) is 15.9. The number of fused-ring (bicyclic) bond motifs is 1. The van der Waals surface area contributed by atoms with Crippen LogP contribution < -0.4 is 5.32 Å². The second kappa shape index (κ2) is 6.63. The van der Waals surface area contributed by atoms with E-state index in [2.05, 4.69) is 20.1 Å². The van der Waals surface area contributed by atoms with Gasteiger partial charge in [-0.1, -0.05) is 12.1 Å². The summed E-state index contributed by atoms with van der Waals surface area (Å²) in [6.07, 6.45) is 3.02. The molecular weight excluding hydrogens is 328 g/mol. The van der Waals surface area contributed by atoms with Crippen molar-refractivity contribution in [2.75, 3.05) is 12.4 Å². The molecule has 0 bridgehead atoms. The SMILES string of the molecule is COC(=O)c1ccc(/C=C/C(=O)Nc2nc3scc(C)n3n2)cc1. The van der Waals surface area contributed by atoms with E-state index in [-0.39, 0.29) is 11.9 Å². The van der Waals surface area contributed by atoms with E-state index in [1.807, 2.05) is 12.3 Å². The number of nitrogens with one attached hydrogen (secondary N) is 1. The maximum absolute atomic E-state index is 11.9. The largest absolute Gasteiger partial charge is 0.465 e. The van der Waals surface area contributed by atoms with Crippen LogP contribution >= 0.6 is 11.3 Å². The molecule has 2 aromatic heterocycles. The van der Waals surface area contributed by atoms with Crippen LogP contribution in [0.5, 0.6) is 0 Å². The Balaban J connectivity index is 1.65. The molecule has 0 radical (unpaired) electrons. The zero-order chi connectivity index (χ0) is 17.1. The van der Waals surface area contributed by atoms with E-state index in [0.29, 0.717) is 5.56 Å². The fourth-order valence-electron chi connectivity index (χ4n) is 2.02. The van der Waals surface area contributed by atoms with Gasteiger partial charge < -0.3 is 4.74 Å². The number of thiazole rings is 1. The molecule has 0 spiro atoms. The summed E-state index contributed by atoms with van der Waals surface area (Å²) in [5.74, 6) is -0.465. The number of anilines is 1. The van der Waals surface area contributed by atoms with Gasteiger partial charge >= 0.3 is 5.97 Å². The quantitative estimate of drug-likeness (QED) is 0.582. The summed E-state index contributed by atoms with van der Waals surface area (Å²) in [5.41, 5.74) is 2.20. The molecule has 0 unspecified atom stereocenters. The van der Waals surface area contributed by atoms with Gasteiger partial charge in [-0.05, 0) is 30.7 Å². The van der Waals surface area contributed by atoms with Gasteiger partial charge in [-0.3, -0.25) is 10.1 Å². The van der Waals surface area contributed by atoms with Crippen molar-refractivity contribution >= 4 is 40.2 Å². The van der Waals surface area contributed by atoms with Crippen LogP contribution in [-0.2, 0) is 9.53 Å². The van der Waals surface area contributed by atoms with Crippen molar-refractivity contribution in [3.8, 4) is 0 Å². The van der Waals surface area contributed by atoms with E-state index in [4.69, 9.17) is 0 Å². The van der Waals surface area contributed by atoms with Crippen molar-refractivity contribution in [2.45, 2.75) is 6.92 Å². The topological polar surface area (TPSA) is 85.6 Å². The van der Waals surface area contributed by atoms with Crippen molar-refractivity contribution < 1.29 is 14.3 Å². The Kier molecular flexibility index (Phi) is 4.39. The molecule has 3 rings (SSSR count). The Morgan fingerprint density at radius 3 is 2.71 bits per heavy atom. The second-order valence-corrected chi connectivity index (χ2v) is 5.78. The van der Waals surface area contributed by atoms with Gasteiger partial charge in [0.25, 0.3) is 11.9 Å². The third-order valence-corrected chi connectivity index (χ3v) is 4.17. The molecule has 1 aromatic carbocycles. The number of carbonyl (C=O) groups is 2. The van der Waals surface area contributed by atoms with Crippen molar-refractivity contribution in [2.24, 2.45) is 0 Å². The molecule has 1 amide bonds. The Morgan fingerprint density at radius 2 is 2.04 bits per heavy atom. The molecule has 1 N–H and O–H groups in total. The minimum Gasteiger partial charge on any atom is -0.465 e. The first-order valence-corrected chi connectivity index (χ1v) is 7.93. The highest BCUT2D eigenvalue weighted by Gasteiger charge is 2.09. The van der Waals surface area contributed by atoms with Crippen LogP contribution in [0.2, 0.25) is 0 Å². The number of ether oxygens (including phenoxy) is 1. The molecule has 3 aromatic rings. The molecule has 0 saturated heterocycles. The second-order valence-electron chi connectivity index (χ2n) is 4.94. The van der Waals surface area contributed by atoms with Crippen LogP contribution in [0, 0.1) is 6.92 Å². The zero-order valence-electron chi connectivity index (χ0n) is 13.0. The first-order chi connectivity index (χ1) is 11.6. The smallest absolute Gasteiger partial charge is 0.337 e. The van der Waals surface area contributed by atoms with Gasteiger partial charge in [-0.2, -0.15) is 4.98 Å². The first-order valence-electron chi connectivity index (χ1n) is 7.05. The Labute approximate surface area is 141 Å². The highest BCUT2D eigenvalue weighted by atomic mass is 32.1. The summed E-state index contributed by atoms with van der Waals surface area (Å²) in [6.45, 7) is 1.92. The van der Waals surface area contributed by atoms with Crippen LogP contribution in [0.4, 0.5) is 5.95 Å². The van der Waals surface area contributed by atoms with Gasteiger partial charge in [0.1, 0.15) is 0 Å². The standard InChI is InChI=1S/C16H14N4O3S/c1-10-9-24-16-18-15(19-20(10)16)17-13(21)8-5-11-3-6-12(7-4-11)14(22)23-2/h3-9H,1-2H3,(H,17,19,21)/b8-5+. The molecule has 7 nitrogen and oxygen atoms in total. The van der Waals surface area contributed by atoms with Gasteiger partial charge in [-0.15, -0.1) is 16.4 Å². The zero-order valence-corrected chi connectivity index (χ0v) is 13.8. The Bertz CT molecular complexity index is 925. The predicted molar refractivity (Wildman–Crippen MR) is 91.0 cm³/mol. The highest BCUT2D eigenvalue weighted by molar-refractivity contribution is 7.15. The van der Waals surface area contributed by atoms with Gasteiger partial charge in [0, 0.05) is 11.5 Å². The summed E-state index contributed by atoms with van der Waals surface area (Å²) in [5, 5.41) is 8.77. The van der Waals surface area contributed by atoms with Gasteiger partial charge in [-0.25, -0.2) is 9.31 Å². The molecule has 0 atom stereocenters. The maximum Gasteiger partial charge on any atom is 0.337 e. The highest BCUT2D eigenvalue weighted by Crippen LogP contribution is 2.15. The average molecular weight is 342 g/mol. The Morgan fingerprint density at radius 1 is 1.29 bits per heavy atom. The molecule has 0 aliphatic heterocycles. The number of rotatable bonds is 4. The summed E-state index contributed by atoms with van der Waals surface area (Å²) in [7, 11) is 1.33. The lowest BCUT2D eigenvalue weighted by molar-refractivity contribution is -0.111. The van der Waals surface area contributed by atoms with E-state index in [0.717, 1.165) is 16.2 Å². The van der Waals surface area contributed by atoms with Crippen molar-refractivity contribution in [1.29, 1.82) is 0 Å². The summed E-state index contributed by atoms with van der Waals surface area (Å²) in [4.78, 5) is 28.2.